The van der Waals surface area contributed by atoms with Crippen LogP contribution in [0.2, 0.25) is 0 Å². The summed E-state index contributed by atoms with van der Waals surface area (Å²) in [5.74, 6) is -0.685. The third-order valence-corrected chi connectivity index (χ3v) is 6.05. The van der Waals surface area contributed by atoms with Crippen LogP contribution in [0.15, 0.2) is 74.9 Å². The Bertz CT molecular complexity index is 1510. The molecule has 12 heteroatoms. The zero-order valence-electron chi connectivity index (χ0n) is 18.7. The van der Waals surface area contributed by atoms with Crippen molar-refractivity contribution in [2.24, 2.45) is 5.14 Å². The van der Waals surface area contributed by atoms with Gasteiger partial charge in [-0.25, -0.2) is 18.2 Å². The number of primary sulfonamides is 1. The van der Waals surface area contributed by atoms with Crippen molar-refractivity contribution in [1.29, 1.82) is 0 Å². The molecule has 0 aliphatic rings. The molecular formula is C23H22N6O5S. The average Bonchev–Trinajstić information content (AvgIpc) is 3.29. The quantitative estimate of drug-likeness (QED) is 0.370. The molecule has 0 unspecified atom stereocenters. The highest BCUT2D eigenvalue weighted by atomic mass is 32.2. The van der Waals surface area contributed by atoms with Gasteiger partial charge in [-0.1, -0.05) is 47.1 Å². The van der Waals surface area contributed by atoms with Gasteiger partial charge < -0.3 is 9.84 Å². The molecule has 11 nitrogen and oxygen atoms in total. The van der Waals surface area contributed by atoms with Gasteiger partial charge in [0.1, 0.15) is 6.54 Å². The van der Waals surface area contributed by atoms with Gasteiger partial charge in [0.2, 0.25) is 10.0 Å². The van der Waals surface area contributed by atoms with Crippen molar-refractivity contribution in [3.8, 4) is 11.3 Å². The van der Waals surface area contributed by atoms with Crippen LogP contribution >= 0.6 is 0 Å². The van der Waals surface area contributed by atoms with Crippen LogP contribution < -0.4 is 16.0 Å². The molecule has 0 spiro atoms. The summed E-state index contributed by atoms with van der Waals surface area (Å²) in [5.41, 5.74) is 3.05. The van der Waals surface area contributed by atoms with E-state index in [-0.39, 0.29) is 35.3 Å². The number of aromatic nitrogens is 4. The Labute approximate surface area is 200 Å². The maximum absolute atomic E-state index is 12.3. The largest absolute Gasteiger partial charge is 0.347 e. The first kappa shape index (κ1) is 24.0. The Balaban J connectivity index is 1.36. The van der Waals surface area contributed by atoms with Crippen LogP contribution in [0.4, 0.5) is 0 Å². The van der Waals surface area contributed by atoms with Crippen molar-refractivity contribution in [3.63, 3.8) is 0 Å². The number of carbonyl (C=O) groups excluding carboxylic acids is 1. The van der Waals surface area contributed by atoms with Crippen molar-refractivity contribution in [3.05, 3.63) is 93.9 Å². The monoisotopic (exact) mass is 494 g/mol. The molecule has 4 rings (SSSR count). The van der Waals surface area contributed by atoms with E-state index in [1.54, 1.807) is 18.2 Å². The molecule has 35 heavy (non-hydrogen) atoms. The number of nitrogens with zero attached hydrogens (tertiary/aromatic N) is 4. The summed E-state index contributed by atoms with van der Waals surface area (Å²) >= 11 is 0. The van der Waals surface area contributed by atoms with E-state index in [4.69, 9.17) is 9.66 Å². The molecule has 1 amide bonds. The molecule has 0 fully saturated rings. The fourth-order valence-corrected chi connectivity index (χ4v) is 3.74. The lowest BCUT2D eigenvalue weighted by Crippen LogP contribution is -2.26. The number of hydrogen-bond donors (Lipinski definition) is 2. The van der Waals surface area contributed by atoms with E-state index in [0.29, 0.717) is 12.1 Å². The van der Waals surface area contributed by atoms with Gasteiger partial charge in [0, 0.05) is 18.2 Å². The second-order valence-electron chi connectivity index (χ2n) is 7.79. The molecule has 0 saturated heterocycles. The first-order valence-electron chi connectivity index (χ1n) is 10.6. The third-order valence-electron chi connectivity index (χ3n) is 5.12. The molecular weight excluding hydrogens is 472 g/mol. The summed E-state index contributed by atoms with van der Waals surface area (Å²) in [4.78, 5) is 28.7. The average molecular weight is 495 g/mol. The van der Waals surface area contributed by atoms with Crippen LogP contribution in [0.3, 0.4) is 0 Å². The van der Waals surface area contributed by atoms with Crippen LogP contribution in [-0.2, 0) is 23.0 Å². The lowest BCUT2D eigenvalue weighted by Gasteiger charge is -2.05. The smallest absolute Gasteiger partial charge is 0.316 e. The molecule has 0 bridgehead atoms. The van der Waals surface area contributed by atoms with Gasteiger partial charge in [0.15, 0.2) is 5.82 Å². The van der Waals surface area contributed by atoms with E-state index in [9.17, 15) is 18.0 Å². The second-order valence-corrected chi connectivity index (χ2v) is 9.35. The molecule has 3 N–H and O–H groups in total. The Hall–Kier alpha value is -4.16. The second kappa shape index (κ2) is 9.99. The van der Waals surface area contributed by atoms with Crippen LogP contribution in [-0.4, -0.2) is 40.8 Å². The maximum Gasteiger partial charge on any atom is 0.316 e. The van der Waals surface area contributed by atoms with E-state index in [0.717, 1.165) is 16.7 Å². The van der Waals surface area contributed by atoms with E-state index in [1.807, 2.05) is 31.2 Å². The van der Waals surface area contributed by atoms with Gasteiger partial charge in [0.25, 0.3) is 5.56 Å². The summed E-state index contributed by atoms with van der Waals surface area (Å²) in [6.45, 7) is 2.17. The van der Waals surface area contributed by atoms with Crippen LogP contribution in [0, 0.1) is 6.92 Å². The van der Waals surface area contributed by atoms with Gasteiger partial charge in [-0.15, -0.1) is 0 Å². The molecule has 0 aliphatic carbocycles. The number of carbonyl (C=O) groups is 1. The van der Waals surface area contributed by atoms with Gasteiger partial charge in [-0.3, -0.25) is 9.59 Å². The maximum atomic E-state index is 12.3. The minimum absolute atomic E-state index is 0.0154. The summed E-state index contributed by atoms with van der Waals surface area (Å²) in [7, 11) is -3.75. The van der Waals surface area contributed by atoms with E-state index in [2.05, 4.69) is 20.6 Å². The summed E-state index contributed by atoms with van der Waals surface area (Å²) < 4.78 is 28.8. The highest BCUT2D eigenvalue weighted by Crippen LogP contribution is 2.16. The molecule has 180 valence electrons. The van der Waals surface area contributed by atoms with E-state index >= 15 is 0 Å². The predicted molar refractivity (Wildman–Crippen MR) is 126 cm³/mol. The SMILES string of the molecule is Cc1ccc(-c2ccc(=O)n(Cc3noc(C(=O)NCCc4ccc(S(N)(=O)=O)cc4)n3)n2)cc1. The van der Waals surface area contributed by atoms with Gasteiger partial charge in [-0.2, -0.15) is 10.1 Å². The van der Waals surface area contributed by atoms with E-state index in [1.165, 1.54) is 22.9 Å². The molecule has 2 aromatic carbocycles. The molecule has 0 radical (unpaired) electrons. The summed E-state index contributed by atoms with van der Waals surface area (Å²) in [5, 5.41) is 15.9. The van der Waals surface area contributed by atoms with Gasteiger partial charge in [0.05, 0.1) is 10.6 Å². The molecule has 0 atom stereocenters. The number of sulfonamides is 1. The Morgan fingerprint density at radius 2 is 1.77 bits per heavy atom. The van der Waals surface area contributed by atoms with Gasteiger partial charge >= 0.3 is 11.8 Å². The van der Waals surface area contributed by atoms with Gasteiger partial charge in [-0.05, 0) is 37.1 Å². The van der Waals surface area contributed by atoms with Crippen molar-refractivity contribution in [2.75, 3.05) is 6.54 Å². The molecule has 2 aromatic heterocycles. The highest BCUT2D eigenvalue weighted by Gasteiger charge is 2.16. The van der Waals surface area contributed by atoms with Crippen LogP contribution in [0.5, 0.6) is 0 Å². The van der Waals surface area contributed by atoms with Crippen molar-refractivity contribution in [2.45, 2.75) is 24.8 Å². The topological polar surface area (TPSA) is 163 Å². The number of amides is 1. The number of nitrogens with one attached hydrogen (secondary N) is 1. The normalized spacial score (nSPS) is 11.4. The summed E-state index contributed by atoms with van der Waals surface area (Å²) in [6, 6.07) is 16.8. The third kappa shape index (κ3) is 6.05. The molecule has 2 heterocycles. The fourth-order valence-electron chi connectivity index (χ4n) is 3.23. The first-order chi connectivity index (χ1) is 16.7. The number of hydrogen-bond acceptors (Lipinski definition) is 8. The lowest BCUT2D eigenvalue weighted by molar-refractivity contribution is 0.0910. The zero-order chi connectivity index (χ0) is 25.0. The Morgan fingerprint density at radius 1 is 1.06 bits per heavy atom. The minimum atomic E-state index is -3.75. The standard InChI is InChI=1S/C23H22N6O5S/c1-15-2-6-17(7-3-15)19-10-11-21(30)29(27-19)14-20-26-23(34-28-20)22(31)25-13-12-16-4-8-18(9-5-16)35(24,32)33/h2-11H,12-14H2,1H3,(H,25,31)(H2,24,32,33). The van der Waals surface area contributed by atoms with Crippen molar-refractivity contribution in [1.82, 2.24) is 25.2 Å². The number of benzene rings is 2. The highest BCUT2D eigenvalue weighted by molar-refractivity contribution is 7.89. The molecule has 0 aliphatic heterocycles. The zero-order valence-corrected chi connectivity index (χ0v) is 19.5. The van der Waals surface area contributed by atoms with Crippen molar-refractivity contribution >= 4 is 15.9 Å². The molecule has 0 saturated carbocycles. The molecule has 4 aromatic rings. The van der Waals surface area contributed by atoms with Crippen molar-refractivity contribution < 1.29 is 17.7 Å². The lowest BCUT2D eigenvalue weighted by atomic mass is 10.1. The number of aryl methyl sites for hydroxylation is 1. The fraction of sp³-hybridized carbons (Fsp3) is 0.174. The summed E-state index contributed by atoms with van der Waals surface area (Å²) in [6.07, 6.45) is 0.447. The number of nitrogens with two attached hydrogens (primary N) is 1. The Morgan fingerprint density at radius 3 is 2.46 bits per heavy atom. The number of rotatable bonds is 8. The minimum Gasteiger partial charge on any atom is -0.347 e. The van der Waals surface area contributed by atoms with E-state index < -0.39 is 15.9 Å². The first-order valence-corrected chi connectivity index (χ1v) is 12.1. The Kier molecular flexibility index (Phi) is 6.85. The van der Waals surface area contributed by atoms with Crippen LogP contribution in [0.1, 0.15) is 27.6 Å². The predicted octanol–water partition coefficient (Wildman–Crippen LogP) is 1.27. The van der Waals surface area contributed by atoms with Crippen LogP contribution in [0.25, 0.3) is 11.3 Å².